The fourth-order valence-corrected chi connectivity index (χ4v) is 5.92. The van der Waals surface area contributed by atoms with Crippen LogP contribution in [0.15, 0.2) is 53.2 Å². The maximum absolute atomic E-state index is 13.3. The third kappa shape index (κ3) is 4.76. The molecule has 0 saturated heterocycles. The number of amides is 1. The zero-order valence-electron chi connectivity index (χ0n) is 23.1. The number of imidazole rings is 1. The van der Waals surface area contributed by atoms with Gasteiger partial charge in [-0.3, -0.25) is 4.79 Å². The Morgan fingerprint density at radius 1 is 1.22 bits per heavy atom. The van der Waals surface area contributed by atoms with Crippen molar-refractivity contribution in [3.05, 3.63) is 65.5 Å². The van der Waals surface area contributed by atoms with Crippen molar-refractivity contribution in [2.75, 3.05) is 26.4 Å². The molecule has 2 N–H and O–H groups in total. The zero-order chi connectivity index (χ0) is 28.1. The number of nitrogens with two attached hydrogens (primary N) is 1. The summed E-state index contributed by atoms with van der Waals surface area (Å²) in [4.78, 5) is 20.0. The van der Waals surface area contributed by atoms with Crippen molar-refractivity contribution in [2.45, 2.75) is 38.3 Å². The third-order valence-electron chi connectivity index (χ3n) is 8.27. The van der Waals surface area contributed by atoms with Crippen LogP contribution in [0.3, 0.4) is 0 Å². The van der Waals surface area contributed by atoms with Gasteiger partial charge in [0.15, 0.2) is 5.82 Å². The second-order valence-corrected chi connectivity index (χ2v) is 11.3. The lowest BCUT2D eigenvalue weighted by Crippen LogP contribution is -2.45. The number of halogens is 1. The van der Waals surface area contributed by atoms with Crippen molar-refractivity contribution in [2.24, 2.45) is 18.7 Å². The Morgan fingerprint density at radius 2 is 2.10 bits per heavy atom. The molecule has 1 saturated carbocycles. The summed E-state index contributed by atoms with van der Waals surface area (Å²) in [6.07, 6.45) is 5.41. The second kappa shape index (κ2) is 10.3. The van der Waals surface area contributed by atoms with E-state index >= 15 is 0 Å². The minimum absolute atomic E-state index is 0.112. The predicted octanol–water partition coefficient (Wildman–Crippen LogP) is 4.51. The van der Waals surface area contributed by atoms with Crippen LogP contribution in [0.25, 0.3) is 33.5 Å². The third-order valence-corrected chi connectivity index (χ3v) is 8.27. The lowest BCUT2D eigenvalue weighted by molar-refractivity contribution is 0.0725. The molecule has 2 aliphatic rings. The van der Waals surface area contributed by atoms with E-state index in [0.717, 1.165) is 57.1 Å². The molecule has 212 valence electrons. The highest BCUT2D eigenvalue weighted by Gasteiger charge is 2.29. The van der Waals surface area contributed by atoms with E-state index in [1.807, 2.05) is 31.3 Å². The van der Waals surface area contributed by atoms with E-state index in [1.54, 1.807) is 11.1 Å². The molecule has 4 heterocycles. The van der Waals surface area contributed by atoms with Crippen molar-refractivity contribution in [1.82, 2.24) is 24.2 Å². The molecular formula is C31H33FN6O3. The number of hydrogen-bond donors (Lipinski definition) is 1. The van der Waals surface area contributed by atoms with E-state index in [1.165, 1.54) is 12.8 Å². The highest BCUT2D eigenvalue weighted by Crippen LogP contribution is 2.39. The summed E-state index contributed by atoms with van der Waals surface area (Å²) in [7, 11) is 2.03. The van der Waals surface area contributed by atoms with Gasteiger partial charge in [-0.25, -0.2) is 9.37 Å². The van der Waals surface area contributed by atoms with Crippen LogP contribution in [-0.4, -0.2) is 62.5 Å². The molecule has 1 fully saturated rings. The van der Waals surface area contributed by atoms with Gasteiger partial charge in [0.2, 0.25) is 0 Å². The molecule has 1 atom stereocenters. The standard InChI is InChI=1S/C31H33FN6O3/c1-36-26-13-20-8-11-37(18-22(33)16-32)31(39)24(20)15-25(26)35-30(36)27-14-21-3-2-4-28(29(21)38(27)17-19-5-6-19)40-12-9-23-7-10-34-41-23/h2-4,7,10,13-15,19,22H,5-6,8-9,11-12,16-18,33H2,1H3/t22-/m1/s1. The summed E-state index contributed by atoms with van der Waals surface area (Å²) in [6.45, 7) is 1.47. The van der Waals surface area contributed by atoms with Crippen LogP contribution in [0.1, 0.15) is 34.5 Å². The number of alkyl halides is 1. The first-order valence-corrected chi connectivity index (χ1v) is 14.2. The summed E-state index contributed by atoms with van der Waals surface area (Å²) in [5.41, 5.74) is 11.2. The lowest BCUT2D eigenvalue weighted by atomic mass is 9.97. The van der Waals surface area contributed by atoms with Crippen LogP contribution in [-0.2, 0) is 26.4 Å². The van der Waals surface area contributed by atoms with Gasteiger partial charge >= 0.3 is 0 Å². The maximum atomic E-state index is 13.3. The lowest BCUT2D eigenvalue weighted by Gasteiger charge is -2.30. The Balaban J connectivity index is 1.27. The molecule has 0 spiro atoms. The number of aromatic nitrogens is 4. The number of ether oxygens (including phenoxy) is 1. The summed E-state index contributed by atoms with van der Waals surface area (Å²) in [5.74, 6) is 2.99. The SMILES string of the molecule is Cn1c(-c2cc3cccc(OCCc4ccno4)c3n2CC2CC2)nc2cc3c(cc21)CCN(C[C@H](N)CF)C3=O. The number of rotatable bonds is 10. The van der Waals surface area contributed by atoms with Gasteiger partial charge in [0.25, 0.3) is 5.91 Å². The molecule has 7 rings (SSSR count). The summed E-state index contributed by atoms with van der Waals surface area (Å²) in [5, 5.41) is 4.88. The van der Waals surface area contributed by atoms with Crippen molar-refractivity contribution >= 4 is 27.8 Å². The molecule has 9 nitrogen and oxygen atoms in total. The number of aryl methyl sites for hydroxylation is 1. The number of carbonyl (C=O) groups excluding carboxylic acids is 1. The van der Waals surface area contributed by atoms with Crippen molar-refractivity contribution in [3.63, 3.8) is 0 Å². The summed E-state index contributed by atoms with van der Waals surface area (Å²) >= 11 is 0. The van der Waals surface area contributed by atoms with E-state index in [4.69, 9.17) is 20.0 Å². The molecule has 0 bridgehead atoms. The zero-order valence-corrected chi connectivity index (χ0v) is 23.1. The number of hydrogen-bond acceptors (Lipinski definition) is 6. The van der Waals surface area contributed by atoms with Crippen LogP contribution in [0, 0.1) is 5.92 Å². The Labute approximate surface area is 236 Å². The number of carbonyl (C=O) groups is 1. The molecule has 10 heteroatoms. The molecule has 5 aromatic rings. The Kier molecular flexibility index (Phi) is 6.50. The monoisotopic (exact) mass is 556 g/mol. The Bertz CT molecular complexity index is 1740. The Morgan fingerprint density at radius 3 is 2.88 bits per heavy atom. The normalized spacial score (nSPS) is 16.1. The number of para-hydroxylation sites is 1. The van der Waals surface area contributed by atoms with Gasteiger partial charge in [-0.1, -0.05) is 17.3 Å². The largest absolute Gasteiger partial charge is 0.491 e. The van der Waals surface area contributed by atoms with Crippen LogP contribution in [0.5, 0.6) is 5.75 Å². The molecule has 41 heavy (non-hydrogen) atoms. The van der Waals surface area contributed by atoms with E-state index in [-0.39, 0.29) is 12.5 Å². The first-order chi connectivity index (χ1) is 20.0. The van der Waals surface area contributed by atoms with E-state index < -0.39 is 12.7 Å². The van der Waals surface area contributed by atoms with E-state index in [2.05, 4.69) is 32.5 Å². The fraction of sp³-hybridized carbons (Fsp3) is 0.387. The number of nitrogens with zero attached hydrogens (tertiary/aromatic N) is 5. The first kappa shape index (κ1) is 25.8. The molecule has 0 radical (unpaired) electrons. The Hall–Kier alpha value is -4.18. The average Bonchev–Trinajstić information content (AvgIpc) is 3.35. The summed E-state index contributed by atoms with van der Waals surface area (Å²) < 4.78 is 29.0. The van der Waals surface area contributed by atoms with Crippen LogP contribution in [0.4, 0.5) is 4.39 Å². The molecule has 0 unspecified atom stereocenters. The van der Waals surface area contributed by atoms with Gasteiger partial charge < -0.3 is 29.0 Å². The average molecular weight is 557 g/mol. The van der Waals surface area contributed by atoms with Crippen molar-refractivity contribution in [3.8, 4) is 17.3 Å². The van der Waals surface area contributed by atoms with Crippen LogP contribution in [0.2, 0.25) is 0 Å². The van der Waals surface area contributed by atoms with Crippen molar-refractivity contribution in [1.29, 1.82) is 0 Å². The highest BCUT2D eigenvalue weighted by atomic mass is 19.1. The maximum Gasteiger partial charge on any atom is 0.254 e. The second-order valence-electron chi connectivity index (χ2n) is 11.3. The smallest absolute Gasteiger partial charge is 0.254 e. The summed E-state index contributed by atoms with van der Waals surface area (Å²) in [6, 6.07) is 13.5. The molecule has 1 aliphatic carbocycles. The minimum atomic E-state index is -0.671. The first-order valence-electron chi connectivity index (χ1n) is 14.2. The fourth-order valence-electron chi connectivity index (χ4n) is 5.92. The molecular weight excluding hydrogens is 523 g/mol. The molecule has 3 aromatic heterocycles. The van der Waals surface area contributed by atoms with Crippen LogP contribution < -0.4 is 10.5 Å². The van der Waals surface area contributed by atoms with Crippen LogP contribution >= 0.6 is 0 Å². The van der Waals surface area contributed by atoms with Crippen molar-refractivity contribution < 1.29 is 18.4 Å². The predicted molar refractivity (Wildman–Crippen MR) is 154 cm³/mol. The van der Waals surface area contributed by atoms with Gasteiger partial charge in [0.05, 0.1) is 41.1 Å². The molecule has 1 aliphatic heterocycles. The van der Waals surface area contributed by atoms with Gasteiger partial charge in [0.1, 0.15) is 18.2 Å². The molecule has 2 aromatic carbocycles. The minimum Gasteiger partial charge on any atom is -0.491 e. The number of benzene rings is 2. The quantitative estimate of drug-likeness (QED) is 0.272. The van der Waals surface area contributed by atoms with Gasteiger partial charge in [0, 0.05) is 50.1 Å². The van der Waals surface area contributed by atoms with Gasteiger partial charge in [-0.05, 0) is 55.0 Å². The highest BCUT2D eigenvalue weighted by molar-refractivity contribution is 6.01. The molecule has 1 amide bonds. The van der Waals surface area contributed by atoms with E-state index in [0.29, 0.717) is 37.5 Å². The topological polar surface area (TPSA) is 104 Å². The number of fused-ring (bicyclic) bond motifs is 3. The van der Waals surface area contributed by atoms with Gasteiger partial charge in [-0.2, -0.15) is 0 Å². The van der Waals surface area contributed by atoms with Gasteiger partial charge in [-0.15, -0.1) is 0 Å². The van der Waals surface area contributed by atoms with E-state index in [9.17, 15) is 9.18 Å².